The number of hydrogen-bond acceptors (Lipinski definition) is 3. The largest absolute Gasteiger partial charge is 0.355 e. The van der Waals surface area contributed by atoms with E-state index in [-0.39, 0.29) is 27.9 Å². The van der Waals surface area contributed by atoms with Crippen LogP contribution in [-0.4, -0.2) is 27.3 Å². The smallest absolute Gasteiger partial charge is 0.259 e. The van der Waals surface area contributed by atoms with Crippen LogP contribution >= 0.6 is 0 Å². The maximum Gasteiger partial charge on any atom is 0.259 e. The van der Waals surface area contributed by atoms with Crippen LogP contribution in [0.4, 0.5) is 13.2 Å². The molecule has 4 aromatic rings. The van der Waals surface area contributed by atoms with Gasteiger partial charge in [-0.2, -0.15) is 5.10 Å². The number of nitrogens with zero attached hydrogens (tertiary/aromatic N) is 3. The van der Waals surface area contributed by atoms with Gasteiger partial charge in [-0.3, -0.25) is 14.2 Å². The number of nitrogens with one attached hydrogen (secondary N) is 1. The van der Waals surface area contributed by atoms with Crippen molar-refractivity contribution in [1.29, 1.82) is 0 Å². The molecule has 158 valence electrons. The topological polar surface area (TPSA) is 68.9 Å². The number of rotatable bonds is 3. The van der Waals surface area contributed by atoms with Crippen LogP contribution in [0, 0.1) is 24.4 Å². The maximum atomic E-state index is 14.5. The number of halogens is 3. The van der Waals surface area contributed by atoms with E-state index in [4.69, 9.17) is 0 Å². The average molecular weight is 426 g/mol. The van der Waals surface area contributed by atoms with E-state index in [1.54, 1.807) is 0 Å². The monoisotopic (exact) mass is 426 g/mol. The second-order valence-electron chi connectivity index (χ2n) is 7.04. The molecule has 2 aromatic heterocycles. The van der Waals surface area contributed by atoms with E-state index in [2.05, 4.69) is 10.4 Å². The number of fused-ring (bicyclic) bond motifs is 1. The number of hydrogen-bond donors (Lipinski definition) is 1. The second kappa shape index (κ2) is 7.42. The minimum atomic E-state index is -0.835. The molecule has 0 spiro atoms. The van der Waals surface area contributed by atoms with Gasteiger partial charge in [-0.05, 0) is 48.4 Å². The van der Waals surface area contributed by atoms with Gasteiger partial charge in [0.15, 0.2) is 11.6 Å². The van der Waals surface area contributed by atoms with E-state index in [1.165, 1.54) is 50.0 Å². The first kappa shape index (κ1) is 20.4. The van der Waals surface area contributed by atoms with Crippen molar-refractivity contribution in [2.75, 3.05) is 7.05 Å². The minimum absolute atomic E-state index is 0.0619. The van der Waals surface area contributed by atoms with Crippen LogP contribution in [0.25, 0.3) is 27.8 Å². The van der Waals surface area contributed by atoms with E-state index in [9.17, 15) is 22.8 Å². The van der Waals surface area contributed by atoms with Crippen molar-refractivity contribution in [3.8, 4) is 16.8 Å². The Morgan fingerprint density at radius 3 is 2.35 bits per heavy atom. The van der Waals surface area contributed by atoms with Crippen molar-refractivity contribution in [3.05, 3.63) is 81.5 Å². The van der Waals surface area contributed by atoms with E-state index >= 15 is 0 Å². The van der Waals surface area contributed by atoms with E-state index in [1.807, 2.05) is 0 Å². The van der Waals surface area contributed by atoms with Gasteiger partial charge in [0.05, 0.1) is 6.20 Å². The first-order chi connectivity index (χ1) is 14.7. The van der Waals surface area contributed by atoms with Gasteiger partial charge in [-0.15, -0.1) is 0 Å². The van der Waals surface area contributed by atoms with Crippen molar-refractivity contribution < 1.29 is 18.0 Å². The Balaban J connectivity index is 2.01. The number of aromatic nitrogens is 3. The molecule has 9 heteroatoms. The summed E-state index contributed by atoms with van der Waals surface area (Å²) in [6.07, 6.45) is 1.36. The fraction of sp³-hybridized carbons (Fsp3) is 0.136. The van der Waals surface area contributed by atoms with Crippen molar-refractivity contribution in [2.45, 2.75) is 6.92 Å². The van der Waals surface area contributed by atoms with E-state index in [0.717, 1.165) is 22.9 Å². The first-order valence-electron chi connectivity index (χ1n) is 9.29. The fourth-order valence-electron chi connectivity index (χ4n) is 3.57. The summed E-state index contributed by atoms with van der Waals surface area (Å²) >= 11 is 0. The Morgan fingerprint density at radius 1 is 1.03 bits per heavy atom. The van der Waals surface area contributed by atoms with Crippen LogP contribution < -0.4 is 10.9 Å². The second-order valence-corrected chi connectivity index (χ2v) is 7.04. The molecule has 2 aromatic carbocycles. The molecule has 1 N–H and O–H groups in total. The van der Waals surface area contributed by atoms with Gasteiger partial charge in [0.2, 0.25) is 0 Å². The zero-order chi connectivity index (χ0) is 22.4. The quantitative estimate of drug-likeness (QED) is 0.546. The zero-order valence-corrected chi connectivity index (χ0v) is 16.8. The standard InChI is InChI=1S/C22H17F3N4O2/c1-11-14(7-12(9-18(11)25)20(30)26-2)15-8-13-10-27-29(21(13)28(3)22(15)31)19-16(23)5-4-6-17(19)24/h4-10H,1-3H3,(H,26,30). The van der Waals surface area contributed by atoms with Crippen molar-refractivity contribution >= 4 is 16.9 Å². The van der Waals surface area contributed by atoms with Crippen LogP contribution in [0.3, 0.4) is 0 Å². The molecule has 6 nitrogen and oxygen atoms in total. The summed E-state index contributed by atoms with van der Waals surface area (Å²) in [6, 6.07) is 7.41. The number of para-hydroxylation sites is 1. The molecular formula is C22H17F3N4O2. The third kappa shape index (κ3) is 3.18. The molecule has 0 aliphatic heterocycles. The maximum absolute atomic E-state index is 14.5. The van der Waals surface area contributed by atoms with Gasteiger partial charge in [0, 0.05) is 30.6 Å². The molecule has 0 fully saturated rings. The molecule has 0 saturated carbocycles. The van der Waals surface area contributed by atoms with E-state index in [0.29, 0.717) is 5.39 Å². The summed E-state index contributed by atoms with van der Waals surface area (Å²) in [6.45, 7) is 1.50. The van der Waals surface area contributed by atoms with Gasteiger partial charge in [-0.25, -0.2) is 17.9 Å². The lowest BCUT2D eigenvalue weighted by Gasteiger charge is -2.13. The minimum Gasteiger partial charge on any atom is -0.355 e. The highest BCUT2D eigenvalue weighted by molar-refractivity contribution is 5.96. The van der Waals surface area contributed by atoms with Crippen LogP contribution in [-0.2, 0) is 7.05 Å². The number of aryl methyl sites for hydroxylation is 1. The first-order valence-corrected chi connectivity index (χ1v) is 9.29. The van der Waals surface area contributed by atoms with Crippen LogP contribution in [0.2, 0.25) is 0 Å². The van der Waals surface area contributed by atoms with Gasteiger partial charge in [0.1, 0.15) is 17.2 Å². The van der Waals surface area contributed by atoms with Crippen molar-refractivity contribution in [3.63, 3.8) is 0 Å². The van der Waals surface area contributed by atoms with Crippen LogP contribution in [0.15, 0.2) is 47.4 Å². The van der Waals surface area contributed by atoms with Crippen molar-refractivity contribution in [1.82, 2.24) is 19.7 Å². The Bertz CT molecular complexity index is 1400. The highest BCUT2D eigenvalue weighted by atomic mass is 19.1. The summed E-state index contributed by atoms with van der Waals surface area (Å²) in [5.74, 6) is -2.81. The predicted molar refractivity (Wildman–Crippen MR) is 110 cm³/mol. The highest BCUT2D eigenvalue weighted by Gasteiger charge is 2.21. The summed E-state index contributed by atoms with van der Waals surface area (Å²) in [5, 5.41) is 6.89. The molecule has 31 heavy (non-hydrogen) atoms. The zero-order valence-electron chi connectivity index (χ0n) is 16.8. The third-order valence-electron chi connectivity index (χ3n) is 5.20. The molecule has 1 amide bonds. The van der Waals surface area contributed by atoms with Crippen molar-refractivity contribution in [2.24, 2.45) is 7.05 Å². The SMILES string of the molecule is CNC(=O)c1cc(F)c(C)c(-c2cc3cnn(-c4c(F)cccc4F)c3n(C)c2=O)c1. The molecular weight excluding hydrogens is 409 g/mol. The lowest BCUT2D eigenvalue weighted by molar-refractivity contribution is 0.0962. The molecule has 0 bridgehead atoms. The van der Waals surface area contributed by atoms with E-state index < -0.39 is 34.6 Å². The molecule has 2 heterocycles. The highest BCUT2D eigenvalue weighted by Crippen LogP contribution is 2.28. The molecule has 0 aliphatic rings. The molecule has 0 atom stereocenters. The third-order valence-corrected chi connectivity index (χ3v) is 5.20. The number of amides is 1. The Morgan fingerprint density at radius 2 is 1.71 bits per heavy atom. The van der Waals surface area contributed by atoms with Gasteiger partial charge < -0.3 is 5.32 Å². The number of carbonyl (C=O) groups excluding carboxylic acids is 1. The summed E-state index contributed by atoms with van der Waals surface area (Å²) in [5.41, 5.74) is -0.162. The number of pyridine rings is 1. The van der Waals surface area contributed by atoms with Gasteiger partial charge in [-0.1, -0.05) is 6.07 Å². The Hall–Kier alpha value is -3.88. The molecule has 0 saturated heterocycles. The Labute approximate surface area is 174 Å². The number of benzene rings is 2. The average Bonchev–Trinajstić information content (AvgIpc) is 3.15. The lowest BCUT2D eigenvalue weighted by atomic mass is 9.97. The van der Waals surface area contributed by atoms with Gasteiger partial charge in [0.25, 0.3) is 11.5 Å². The summed E-state index contributed by atoms with van der Waals surface area (Å²) in [4.78, 5) is 25.2. The summed E-state index contributed by atoms with van der Waals surface area (Å²) in [7, 11) is 2.85. The molecule has 0 aliphatic carbocycles. The van der Waals surface area contributed by atoms with Gasteiger partial charge >= 0.3 is 0 Å². The van der Waals surface area contributed by atoms with Crippen LogP contribution in [0.1, 0.15) is 15.9 Å². The fourth-order valence-corrected chi connectivity index (χ4v) is 3.57. The number of carbonyl (C=O) groups is 1. The molecule has 0 unspecified atom stereocenters. The lowest BCUT2D eigenvalue weighted by Crippen LogP contribution is -2.22. The summed E-state index contributed by atoms with van der Waals surface area (Å²) < 4.78 is 45.3. The molecule has 4 rings (SSSR count). The normalized spacial score (nSPS) is 11.2. The Kier molecular flexibility index (Phi) is 4.88. The predicted octanol–water partition coefficient (Wildman–Crippen LogP) is 3.48. The molecule has 0 radical (unpaired) electrons. The van der Waals surface area contributed by atoms with Crippen LogP contribution in [0.5, 0.6) is 0 Å².